The van der Waals surface area contributed by atoms with E-state index in [1.54, 1.807) is 38.1 Å². The summed E-state index contributed by atoms with van der Waals surface area (Å²) in [4.78, 5) is 0. The normalized spacial score (nSPS) is 14.7. The summed E-state index contributed by atoms with van der Waals surface area (Å²) in [5.41, 5.74) is -2.51. The molecule has 2 nitrogen and oxygen atoms in total. The molecule has 0 heterocycles. The monoisotopic (exact) mass is 412 g/mol. The molecule has 6 heteroatoms. The van der Waals surface area contributed by atoms with Crippen molar-refractivity contribution < 1.29 is 27.4 Å². The second-order valence-corrected chi connectivity index (χ2v) is 8.51. The van der Waals surface area contributed by atoms with E-state index < -0.39 is 35.9 Å². The van der Waals surface area contributed by atoms with Crippen LogP contribution < -0.4 is 4.74 Å². The number of hydrogen-bond acceptors (Lipinski definition) is 2. The molecule has 0 bridgehead atoms. The minimum atomic E-state index is -4.86. The molecule has 0 aliphatic heterocycles. The maximum Gasteiger partial charge on any atom is 0.417 e. The quantitative estimate of drug-likeness (QED) is 0.552. The van der Waals surface area contributed by atoms with Crippen molar-refractivity contribution in [2.45, 2.75) is 63.6 Å². The summed E-state index contributed by atoms with van der Waals surface area (Å²) in [6, 6.07) is 10.5. The Morgan fingerprint density at radius 1 is 1.00 bits per heavy atom. The van der Waals surface area contributed by atoms with Gasteiger partial charge in [0.15, 0.2) is 5.60 Å². The summed E-state index contributed by atoms with van der Waals surface area (Å²) in [6.45, 7) is 7.08. The summed E-state index contributed by atoms with van der Waals surface area (Å²) < 4.78 is 60.9. The van der Waals surface area contributed by atoms with Gasteiger partial charge in [-0.1, -0.05) is 52.0 Å². The van der Waals surface area contributed by atoms with E-state index in [2.05, 4.69) is 0 Å². The molecule has 1 atom stereocenters. The molecule has 0 fully saturated rings. The minimum absolute atomic E-state index is 0.255. The van der Waals surface area contributed by atoms with Gasteiger partial charge in [0.2, 0.25) is 0 Å². The Morgan fingerprint density at radius 2 is 1.59 bits per heavy atom. The predicted molar refractivity (Wildman–Crippen MR) is 106 cm³/mol. The smallest absolute Gasteiger partial charge is 0.417 e. The number of hydrogen-bond donors (Lipinski definition) is 1. The van der Waals surface area contributed by atoms with Gasteiger partial charge in [-0.15, -0.1) is 0 Å². The highest BCUT2D eigenvalue weighted by atomic mass is 19.4. The van der Waals surface area contributed by atoms with Gasteiger partial charge in [-0.25, -0.2) is 4.39 Å². The molecule has 0 amide bonds. The van der Waals surface area contributed by atoms with E-state index in [4.69, 9.17) is 4.74 Å². The lowest BCUT2D eigenvalue weighted by atomic mass is 9.72. The van der Waals surface area contributed by atoms with Crippen LogP contribution in [0.5, 0.6) is 5.75 Å². The highest BCUT2D eigenvalue weighted by Crippen LogP contribution is 2.45. The average molecular weight is 412 g/mol. The van der Waals surface area contributed by atoms with Crippen molar-refractivity contribution >= 4 is 0 Å². The van der Waals surface area contributed by atoms with Crippen molar-refractivity contribution in [1.82, 2.24) is 0 Å². The van der Waals surface area contributed by atoms with E-state index in [1.165, 1.54) is 19.2 Å². The molecular formula is C23H28F4O2. The van der Waals surface area contributed by atoms with Crippen LogP contribution in [0.3, 0.4) is 0 Å². The molecule has 2 aromatic carbocycles. The second-order valence-electron chi connectivity index (χ2n) is 8.51. The van der Waals surface area contributed by atoms with Crippen molar-refractivity contribution in [3.05, 3.63) is 65.0 Å². The first-order valence-corrected chi connectivity index (χ1v) is 9.51. The number of ether oxygens (including phenoxy) is 1. The first-order valence-electron chi connectivity index (χ1n) is 9.51. The molecule has 0 radical (unpaired) electrons. The zero-order valence-corrected chi connectivity index (χ0v) is 17.4. The van der Waals surface area contributed by atoms with Crippen LogP contribution in [-0.2, 0) is 11.8 Å². The zero-order chi connectivity index (χ0) is 22.0. The Balaban J connectivity index is 2.40. The molecular weight excluding hydrogens is 384 g/mol. The van der Waals surface area contributed by atoms with Gasteiger partial charge in [0.1, 0.15) is 11.6 Å². The lowest BCUT2D eigenvalue weighted by molar-refractivity contribution is -0.266. The Morgan fingerprint density at radius 3 is 2.07 bits per heavy atom. The highest BCUT2D eigenvalue weighted by molar-refractivity contribution is 5.40. The van der Waals surface area contributed by atoms with Gasteiger partial charge >= 0.3 is 6.18 Å². The van der Waals surface area contributed by atoms with Crippen LogP contribution in [0, 0.1) is 5.82 Å². The molecule has 0 spiro atoms. The number of methoxy groups -OCH3 is 1. The van der Waals surface area contributed by atoms with Crippen molar-refractivity contribution in [3.63, 3.8) is 0 Å². The molecule has 2 rings (SSSR count). The molecule has 0 aromatic heterocycles. The van der Waals surface area contributed by atoms with Gasteiger partial charge in [0, 0.05) is 12.0 Å². The average Bonchev–Trinajstić information content (AvgIpc) is 2.60. The van der Waals surface area contributed by atoms with E-state index in [-0.39, 0.29) is 17.2 Å². The summed E-state index contributed by atoms with van der Waals surface area (Å²) in [5.74, 6) is -0.0409. The van der Waals surface area contributed by atoms with E-state index in [9.17, 15) is 22.7 Å². The van der Waals surface area contributed by atoms with Crippen molar-refractivity contribution in [2.75, 3.05) is 7.11 Å². The Hall–Kier alpha value is -2.08. The van der Waals surface area contributed by atoms with Crippen LogP contribution in [0.15, 0.2) is 42.5 Å². The fourth-order valence-electron chi connectivity index (χ4n) is 3.66. The summed E-state index contributed by atoms with van der Waals surface area (Å²) in [7, 11) is 1.37. The topological polar surface area (TPSA) is 29.5 Å². The van der Waals surface area contributed by atoms with Crippen LogP contribution in [0.4, 0.5) is 17.6 Å². The van der Waals surface area contributed by atoms with Crippen LogP contribution in [0.2, 0.25) is 0 Å². The van der Waals surface area contributed by atoms with Gasteiger partial charge in [-0.05, 0) is 47.1 Å². The Kier molecular flexibility index (Phi) is 6.68. The second kappa shape index (κ2) is 8.34. The van der Waals surface area contributed by atoms with Crippen LogP contribution in [0.1, 0.15) is 56.7 Å². The maximum absolute atomic E-state index is 13.9. The highest BCUT2D eigenvalue weighted by Gasteiger charge is 2.56. The SMILES string of the molecule is COc1ccc(F)cc1C(C)(C)CC(O)(Cc1ccc(C(C)C)cc1)C(F)(F)F. The lowest BCUT2D eigenvalue weighted by Gasteiger charge is -2.38. The molecule has 1 unspecified atom stereocenters. The third-order valence-corrected chi connectivity index (χ3v) is 5.30. The van der Waals surface area contributed by atoms with Crippen molar-refractivity contribution in [2.24, 2.45) is 0 Å². The van der Waals surface area contributed by atoms with Crippen LogP contribution in [0.25, 0.3) is 0 Å². The number of benzene rings is 2. The van der Waals surface area contributed by atoms with Gasteiger partial charge in [0.25, 0.3) is 0 Å². The van der Waals surface area contributed by atoms with Crippen molar-refractivity contribution in [1.29, 1.82) is 0 Å². The molecule has 0 saturated heterocycles. The molecule has 2 aromatic rings. The van der Waals surface area contributed by atoms with Gasteiger partial charge in [-0.3, -0.25) is 0 Å². The van der Waals surface area contributed by atoms with Crippen molar-refractivity contribution in [3.8, 4) is 5.75 Å². The van der Waals surface area contributed by atoms with Gasteiger partial charge in [-0.2, -0.15) is 13.2 Å². The Labute approximate surface area is 169 Å². The molecule has 1 N–H and O–H groups in total. The van der Waals surface area contributed by atoms with E-state index >= 15 is 0 Å². The molecule has 160 valence electrons. The minimum Gasteiger partial charge on any atom is -0.496 e. The summed E-state index contributed by atoms with van der Waals surface area (Å²) in [6.07, 6.45) is -6.09. The van der Waals surface area contributed by atoms with E-state index in [0.29, 0.717) is 5.56 Å². The first-order chi connectivity index (χ1) is 13.3. The Bertz CT molecular complexity index is 826. The van der Waals surface area contributed by atoms with E-state index in [0.717, 1.165) is 11.6 Å². The maximum atomic E-state index is 13.9. The van der Waals surface area contributed by atoms with E-state index in [1.807, 2.05) is 13.8 Å². The van der Waals surface area contributed by atoms with Crippen LogP contribution >= 0.6 is 0 Å². The molecule has 0 aliphatic rings. The lowest BCUT2D eigenvalue weighted by Crippen LogP contribution is -2.50. The number of aliphatic hydroxyl groups is 1. The first kappa shape index (κ1) is 23.2. The molecule has 0 saturated carbocycles. The number of halogens is 4. The fraction of sp³-hybridized carbons (Fsp3) is 0.478. The largest absolute Gasteiger partial charge is 0.496 e. The van der Waals surface area contributed by atoms with Crippen LogP contribution in [-0.4, -0.2) is 24.0 Å². The third-order valence-electron chi connectivity index (χ3n) is 5.30. The zero-order valence-electron chi connectivity index (χ0n) is 17.4. The van der Waals surface area contributed by atoms with Gasteiger partial charge < -0.3 is 9.84 Å². The summed E-state index contributed by atoms with van der Waals surface area (Å²) in [5, 5.41) is 10.7. The number of alkyl halides is 3. The predicted octanol–water partition coefficient (Wildman–Crippen LogP) is 6.16. The number of rotatable bonds is 7. The summed E-state index contributed by atoms with van der Waals surface area (Å²) >= 11 is 0. The van der Waals surface area contributed by atoms with Gasteiger partial charge in [0.05, 0.1) is 7.11 Å². The standard InChI is InChI=1S/C23H28F4O2/c1-15(2)17-8-6-16(7-9-17)13-22(28,23(25,26)27)14-21(3,4)19-12-18(24)10-11-20(19)29-5/h6-12,15,28H,13-14H2,1-5H3. The fourth-order valence-corrected chi connectivity index (χ4v) is 3.66. The molecule has 29 heavy (non-hydrogen) atoms. The third kappa shape index (κ3) is 5.30. The molecule has 0 aliphatic carbocycles.